The molecule has 1 saturated heterocycles. The van der Waals surface area contributed by atoms with E-state index in [0.29, 0.717) is 17.6 Å². The maximum atomic E-state index is 13.6. The van der Waals surface area contributed by atoms with Gasteiger partial charge >= 0.3 is 0 Å². The Labute approximate surface area is 196 Å². The summed E-state index contributed by atoms with van der Waals surface area (Å²) < 4.78 is 3.68. The van der Waals surface area contributed by atoms with Gasteiger partial charge in [-0.1, -0.05) is 55.9 Å². The predicted octanol–water partition coefficient (Wildman–Crippen LogP) is 4.26. The molecule has 8 heteroatoms. The van der Waals surface area contributed by atoms with E-state index in [1.165, 1.54) is 0 Å². The Morgan fingerprint density at radius 3 is 2.61 bits per heavy atom. The monoisotopic (exact) mass is 461 g/mol. The predicted molar refractivity (Wildman–Crippen MR) is 131 cm³/mol. The minimum atomic E-state index is -0.0947. The number of fused-ring (bicyclic) bond motifs is 3. The zero-order chi connectivity index (χ0) is 22.9. The van der Waals surface area contributed by atoms with E-state index < -0.39 is 0 Å². The van der Waals surface area contributed by atoms with Crippen molar-refractivity contribution in [3.05, 3.63) is 64.4 Å². The van der Waals surface area contributed by atoms with Crippen molar-refractivity contribution in [2.75, 3.05) is 18.8 Å². The van der Waals surface area contributed by atoms with E-state index in [1.807, 2.05) is 51.8 Å². The van der Waals surface area contributed by atoms with E-state index in [-0.39, 0.29) is 17.4 Å². The van der Waals surface area contributed by atoms with Gasteiger partial charge in [-0.25, -0.2) is 4.57 Å². The number of benzene rings is 2. The molecule has 0 radical (unpaired) electrons. The van der Waals surface area contributed by atoms with Crippen molar-refractivity contribution in [3.8, 4) is 5.69 Å². The lowest BCUT2D eigenvalue weighted by Crippen LogP contribution is -2.25. The van der Waals surface area contributed by atoms with Gasteiger partial charge in [-0.2, -0.15) is 0 Å². The SMILES string of the molecule is CC(C)c1ccccc1-n1c(=O)c2ccccc2n2c(SCCCN3CCCC3=O)nnc12. The van der Waals surface area contributed by atoms with Crippen molar-refractivity contribution in [1.29, 1.82) is 0 Å². The Morgan fingerprint density at radius 2 is 1.82 bits per heavy atom. The molecular weight excluding hydrogens is 434 g/mol. The number of thioether (sulfide) groups is 1. The number of amides is 1. The number of nitrogens with zero attached hydrogens (tertiary/aromatic N) is 5. The number of likely N-dealkylation sites (tertiary alicyclic amines) is 1. The molecule has 7 nitrogen and oxygen atoms in total. The number of hydrogen-bond donors (Lipinski definition) is 0. The molecule has 2 aromatic heterocycles. The minimum absolute atomic E-state index is 0.0947. The van der Waals surface area contributed by atoms with Gasteiger partial charge in [0.2, 0.25) is 11.7 Å². The summed E-state index contributed by atoms with van der Waals surface area (Å²) in [7, 11) is 0. The number of hydrogen-bond acceptors (Lipinski definition) is 5. The van der Waals surface area contributed by atoms with Gasteiger partial charge in [0.05, 0.1) is 16.6 Å². The number of carbonyl (C=O) groups excluding carboxylic acids is 1. The van der Waals surface area contributed by atoms with Gasteiger partial charge in [0.15, 0.2) is 5.16 Å². The summed E-state index contributed by atoms with van der Waals surface area (Å²) in [5.74, 6) is 1.85. The average molecular weight is 462 g/mol. The molecule has 170 valence electrons. The number of aromatic nitrogens is 4. The van der Waals surface area contributed by atoms with Crippen LogP contribution in [0.15, 0.2) is 58.5 Å². The number of para-hydroxylation sites is 2. The van der Waals surface area contributed by atoms with Gasteiger partial charge in [-0.05, 0) is 42.5 Å². The minimum Gasteiger partial charge on any atom is -0.343 e. The van der Waals surface area contributed by atoms with Crippen molar-refractivity contribution in [1.82, 2.24) is 24.1 Å². The molecule has 0 spiro atoms. The molecule has 0 unspecified atom stereocenters. The number of carbonyl (C=O) groups is 1. The van der Waals surface area contributed by atoms with Crippen molar-refractivity contribution in [2.24, 2.45) is 0 Å². The second-order valence-electron chi connectivity index (χ2n) is 8.68. The lowest BCUT2D eigenvalue weighted by atomic mass is 10.0. The van der Waals surface area contributed by atoms with Crippen LogP contribution in [0.25, 0.3) is 22.4 Å². The van der Waals surface area contributed by atoms with Crippen LogP contribution in [0.1, 0.15) is 44.6 Å². The molecule has 5 rings (SSSR count). The largest absolute Gasteiger partial charge is 0.343 e. The molecule has 1 aliphatic rings. The first-order valence-corrected chi connectivity index (χ1v) is 12.4. The molecule has 33 heavy (non-hydrogen) atoms. The smallest absolute Gasteiger partial charge is 0.267 e. The molecule has 0 saturated carbocycles. The summed E-state index contributed by atoms with van der Waals surface area (Å²) in [6, 6.07) is 15.6. The topological polar surface area (TPSA) is 72.5 Å². The summed E-state index contributed by atoms with van der Waals surface area (Å²) in [5, 5.41) is 10.3. The van der Waals surface area contributed by atoms with Crippen LogP contribution in [0.5, 0.6) is 0 Å². The standard InChI is InChI=1S/C25H27N5O2S/c1-17(2)18-9-3-5-11-20(18)29-23(32)19-10-4-6-12-21(19)30-24(29)26-27-25(30)33-16-8-15-28-14-7-13-22(28)31/h3-6,9-12,17H,7-8,13-16H2,1-2H3. The van der Waals surface area contributed by atoms with Crippen LogP contribution >= 0.6 is 11.8 Å². The molecule has 1 amide bonds. The molecule has 4 aromatic rings. The highest BCUT2D eigenvalue weighted by molar-refractivity contribution is 7.99. The summed E-state index contributed by atoms with van der Waals surface area (Å²) in [5.41, 5.74) is 2.63. The Balaban J connectivity index is 1.57. The van der Waals surface area contributed by atoms with E-state index in [0.717, 1.165) is 53.6 Å². The van der Waals surface area contributed by atoms with Crippen molar-refractivity contribution < 1.29 is 4.79 Å². The highest BCUT2D eigenvalue weighted by Gasteiger charge is 2.21. The molecule has 0 bridgehead atoms. The van der Waals surface area contributed by atoms with E-state index in [9.17, 15) is 9.59 Å². The summed E-state index contributed by atoms with van der Waals surface area (Å²) in [6.45, 7) is 5.88. The molecule has 1 fully saturated rings. The van der Waals surface area contributed by atoms with Crippen molar-refractivity contribution in [3.63, 3.8) is 0 Å². The zero-order valence-electron chi connectivity index (χ0n) is 18.9. The van der Waals surface area contributed by atoms with Gasteiger partial charge in [0, 0.05) is 25.3 Å². The molecule has 0 aliphatic carbocycles. The maximum Gasteiger partial charge on any atom is 0.267 e. The summed E-state index contributed by atoms with van der Waals surface area (Å²) >= 11 is 1.61. The van der Waals surface area contributed by atoms with Gasteiger partial charge in [-0.15, -0.1) is 10.2 Å². The van der Waals surface area contributed by atoms with Crippen LogP contribution in [-0.4, -0.2) is 48.8 Å². The zero-order valence-corrected chi connectivity index (χ0v) is 19.7. The highest BCUT2D eigenvalue weighted by atomic mass is 32.2. The maximum absolute atomic E-state index is 13.6. The lowest BCUT2D eigenvalue weighted by Gasteiger charge is -2.16. The molecule has 0 atom stereocenters. The fourth-order valence-corrected chi connectivity index (χ4v) is 5.39. The molecule has 3 heterocycles. The summed E-state index contributed by atoms with van der Waals surface area (Å²) in [6.07, 6.45) is 2.52. The van der Waals surface area contributed by atoms with E-state index in [4.69, 9.17) is 0 Å². The highest BCUT2D eigenvalue weighted by Crippen LogP contribution is 2.27. The van der Waals surface area contributed by atoms with Crippen molar-refractivity contribution in [2.45, 2.75) is 44.2 Å². The lowest BCUT2D eigenvalue weighted by molar-refractivity contribution is -0.127. The van der Waals surface area contributed by atoms with Crippen LogP contribution in [-0.2, 0) is 4.79 Å². The normalized spacial score (nSPS) is 14.3. The third kappa shape index (κ3) is 3.93. The second kappa shape index (κ2) is 9.02. The van der Waals surface area contributed by atoms with Gasteiger partial charge in [-0.3, -0.25) is 14.0 Å². The van der Waals surface area contributed by atoms with Gasteiger partial charge < -0.3 is 4.90 Å². The third-order valence-electron chi connectivity index (χ3n) is 6.17. The first-order valence-electron chi connectivity index (χ1n) is 11.4. The second-order valence-corrected chi connectivity index (χ2v) is 9.74. The quantitative estimate of drug-likeness (QED) is 0.304. The third-order valence-corrected chi connectivity index (χ3v) is 7.18. The van der Waals surface area contributed by atoms with E-state index >= 15 is 0 Å². The van der Waals surface area contributed by atoms with E-state index in [1.54, 1.807) is 16.3 Å². The number of rotatable bonds is 7. The van der Waals surface area contributed by atoms with Crippen LogP contribution in [0.2, 0.25) is 0 Å². The van der Waals surface area contributed by atoms with Crippen LogP contribution in [0.3, 0.4) is 0 Å². The van der Waals surface area contributed by atoms with Crippen LogP contribution in [0, 0.1) is 0 Å². The Kier molecular flexibility index (Phi) is 5.93. The molecule has 0 N–H and O–H groups in total. The Bertz CT molecular complexity index is 1390. The molecule has 1 aliphatic heterocycles. The Morgan fingerprint density at radius 1 is 1.03 bits per heavy atom. The van der Waals surface area contributed by atoms with Crippen LogP contribution < -0.4 is 5.56 Å². The van der Waals surface area contributed by atoms with Gasteiger partial charge in [0.25, 0.3) is 5.56 Å². The van der Waals surface area contributed by atoms with E-state index in [2.05, 4.69) is 30.1 Å². The first kappa shape index (κ1) is 21.7. The fourth-order valence-electron chi connectivity index (χ4n) is 4.53. The van der Waals surface area contributed by atoms with Crippen molar-refractivity contribution >= 4 is 34.3 Å². The van der Waals surface area contributed by atoms with Crippen LogP contribution in [0.4, 0.5) is 0 Å². The molecular formula is C25H27N5O2S. The Hall–Kier alpha value is -3.13. The summed E-state index contributed by atoms with van der Waals surface area (Å²) in [4.78, 5) is 27.4. The average Bonchev–Trinajstić information content (AvgIpc) is 3.43. The first-order chi connectivity index (χ1) is 16.1. The fraction of sp³-hybridized carbons (Fsp3) is 0.360. The molecule has 2 aromatic carbocycles. The van der Waals surface area contributed by atoms with Gasteiger partial charge in [0.1, 0.15) is 0 Å².